The lowest BCUT2D eigenvalue weighted by Gasteiger charge is -2.32. The van der Waals surface area contributed by atoms with Crippen molar-refractivity contribution in [2.75, 3.05) is 37.4 Å². The highest BCUT2D eigenvalue weighted by Gasteiger charge is 2.22. The number of methoxy groups -OCH3 is 1. The lowest BCUT2D eigenvalue weighted by molar-refractivity contribution is 0.143. The summed E-state index contributed by atoms with van der Waals surface area (Å²) in [4.78, 5) is 10.3. The summed E-state index contributed by atoms with van der Waals surface area (Å²) < 4.78 is 5.27. The first-order chi connectivity index (χ1) is 9.26. The number of nitrogens with two attached hydrogens (primary N) is 1. The summed E-state index contributed by atoms with van der Waals surface area (Å²) in [7, 11) is 1.77. The van der Waals surface area contributed by atoms with Gasteiger partial charge in [0.1, 0.15) is 0 Å². The van der Waals surface area contributed by atoms with Gasteiger partial charge >= 0.3 is 0 Å². The van der Waals surface area contributed by atoms with E-state index < -0.39 is 0 Å². The number of imidazole rings is 1. The zero-order chi connectivity index (χ0) is 13.2. The van der Waals surface area contributed by atoms with Crippen molar-refractivity contribution < 1.29 is 4.74 Å². The average molecular weight is 260 g/mol. The van der Waals surface area contributed by atoms with Crippen molar-refractivity contribution in [3.63, 3.8) is 0 Å². The summed E-state index contributed by atoms with van der Waals surface area (Å²) in [5.41, 5.74) is 8.53. The van der Waals surface area contributed by atoms with Gasteiger partial charge in [-0.1, -0.05) is 0 Å². The number of H-pyrrole nitrogens is 1. The van der Waals surface area contributed by atoms with Crippen LogP contribution in [0.2, 0.25) is 0 Å². The molecular weight excluding hydrogens is 240 g/mol. The zero-order valence-corrected chi connectivity index (χ0v) is 11.2. The number of piperidine rings is 1. The second-order valence-corrected chi connectivity index (χ2v) is 5.25. The fourth-order valence-electron chi connectivity index (χ4n) is 2.79. The van der Waals surface area contributed by atoms with E-state index in [-0.39, 0.29) is 0 Å². The molecule has 19 heavy (non-hydrogen) atoms. The first-order valence-electron chi connectivity index (χ1n) is 6.75. The number of anilines is 2. The molecule has 0 bridgehead atoms. The number of nitrogens with zero attached hydrogens (tertiary/aromatic N) is 2. The molecule has 102 valence electrons. The van der Waals surface area contributed by atoms with Crippen LogP contribution in [0.15, 0.2) is 18.2 Å². The Morgan fingerprint density at radius 2 is 2.42 bits per heavy atom. The van der Waals surface area contributed by atoms with Crippen molar-refractivity contribution in [1.29, 1.82) is 0 Å². The number of nitrogens with one attached hydrogen (secondary N) is 1. The second-order valence-electron chi connectivity index (χ2n) is 5.25. The third-order valence-corrected chi connectivity index (χ3v) is 3.71. The number of benzene rings is 1. The van der Waals surface area contributed by atoms with Crippen LogP contribution in [0.3, 0.4) is 0 Å². The highest BCUT2D eigenvalue weighted by Crippen LogP contribution is 2.24. The van der Waals surface area contributed by atoms with Crippen LogP contribution in [0.4, 0.5) is 11.6 Å². The molecule has 1 aliphatic rings. The lowest BCUT2D eigenvalue weighted by atomic mass is 9.99. The maximum absolute atomic E-state index is 5.80. The van der Waals surface area contributed by atoms with E-state index in [1.165, 1.54) is 12.8 Å². The number of hydrogen-bond donors (Lipinski definition) is 2. The summed E-state index contributed by atoms with van der Waals surface area (Å²) >= 11 is 0. The van der Waals surface area contributed by atoms with Gasteiger partial charge in [0.15, 0.2) is 0 Å². The molecular formula is C14H20N4O. The number of hydrogen-bond acceptors (Lipinski definition) is 4. The Morgan fingerprint density at radius 3 is 3.26 bits per heavy atom. The number of rotatable bonds is 3. The molecule has 2 heterocycles. The van der Waals surface area contributed by atoms with Crippen molar-refractivity contribution in [3.8, 4) is 0 Å². The van der Waals surface area contributed by atoms with E-state index in [4.69, 9.17) is 10.5 Å². The monoisotopic (exact) mass is 260 g/mol. The topological polar surface area (TPSA) is 67.2 Å². The molecule has 0 radical (unpaired) electrons. The summed E-state index contributed by atoms with van der Waals surface area (Å²) in [6, 6.07) is 5.78. The van der Waals surface area contributed by atoms with Crippen LogP contribution >= 0.6 is 0 Å². The Balaban J connectivity index is 1.83. The first kappa shape index (κ1) is 12.3. The Bertz CT molecular complexity index is 564. The minimum Gasteiger partial charge on any atom is -0.399 e. The summed E-state index contributed by atoms with van der Waals surface area (Å²) in [6.07, 6.45) is 2.42. The predicted octanol–water partition coefficient (Wildman–Crippen LogP) is 2.01. The standard InChI is InChI=1S/C14H20N4O/c1-19-9-10-3-2-6-18(8-10)14-16-12-5-4-11(15)7-13(12)17-14/h4-5,7,10H,2-3,6,8-9,15H2,1H3,(H,16,17). The third kappa shape index (κ3) is 2.51. The molecule has 1 aromatic heterocycles. The first-order valence-corrected chi connectivity index (χ1v) is 6.75. The van der Waals surface area contributed by atoms with Crippen molar-refractivity contribution in [3.05, 3.63) is 18.2 Å². The van der Waals surface area contributed by atoms with Crippen LogP contribution in [0.5, 0.6) is 0 Å². The number of fused-ring (bicyclic) bond motifs is 1. The zero-order valence-electron chi connectivity index (χ0n) is 11.2. The van der Waals surface area contributed by atoms with Crippen molar-refractivity contribution >= 4 is 22.7 Å². The van der Waals surface area contributed by atoms with Crippen LogP contribution in [0.1, 0.15) is 12.8 Å². The second kappa shape index (κ2) is 5.09. The molecule has 5 heteroatoms. The number of nitrogen functional groups attached to an aromatic ring is 1. The summed E-state index contributed by atoms with van der Waals surface area (Å²) in [6.45, 7) is 2.88. The Labute approximate surface area is 112 Å². The minimum absolute atomic E-state index is 0.594. The summed E-state index contributed by atoms with van der Waals surface area (Å²) in [5.74, 6) is 1.54. The molecule has 1 saturated heterocycles. The van der Waals surface area contributed by atoms with E-state index in [9.17, 15) is 0 Å². The van der Waals surface area contributed by atoms with E-state index in [1.807, 2.05) is 18.2 Å². The van der Waals surface area contributed by atoms with E-state index in [0.29, 0.717) is 5.92 Å². The Kier molecular flexibility index (Phi) is 3.29. The lowest BCUT2D eigenvalue weighted by Crippen LogP contribution is -2.37. The fraction of sp³-hybridized carbons (Fsp3) is 0.500. The van der Waals surface area contributed by atoms with E-state index in [2.05, 4.69) is 14.9 Å². The molecule has 0 spiro atoms. The van der Waals surface area contributed by atoms with Crippen LogP contribution in [0, 0.1) is 5.92 Å². The van der Waals surface area contributed by atoms with E-state index in [0.717, 1.165) is 42.4 Å². The molecule has 0 saturated carbocycles. The van der Waals surface area contributed by atoms with Gasteiger partial charge < -0.3 is 20.4 Å². The largest absolute Gasteiger partial charge is 0.399 e. The molecule has 5 nitrogen and oxygen atoms in total. The van der Waals surface area contributed by atoms with Crippen molar-refractivity contribution in [2.24, 2.45) is 5.92 Å². The molecule has 1 atom stereocenters. The molecule has 0 amide bonds. The summed E-state index contributed by atoms with van der Waals surface area (Å²) in [5, 5.41) is 0. The number of ether oxygens (including phenoxy) is 1. The van der Waals surface area contributed by atoms with Gasteiger partial charge in [-0.05, 0) is 37.0 Å². The molecule has 0 aliphatic carbocycles. The van der Waals surface area contributed by atoms with Crippen LogP contribution in [-0.2, 0) is 4.74 Å². The van der Waals surface area contributed by atoms with Gasteiger partial charge in [-0.15, -0.1) is 0 Å². The highest BCUT2D eigenvalue weighted by molar-refractivity contribution is 5.80. The van der Waals surface area contributed by atoms with E-state index in [1.54, 1.807) is 7.11 Å². The smallest absolute Gasteiger partial charge is 0.203 e. The quantitative estimate of drug-likeness (QED) is 0.828. The normalized spacial score (nSPS) is 20.1. The van der Waals surface area contributed by atoms with E-state index >= 15 is 0 Å². The molecule has 3 rings (SSSR count). The number of aromatic nitrogens is 2. The van der Waals surface area contributed by atoms with Gasteiger partial charge in [-0.25, -0.2) is 4.98 Å². The SMILES string of the molecule is COCC1CCCN(c2nc3ccc(N)cc3[nH]2)C1. The minimum atomic E-state index is 0.594. The van der Waals surface area contributed by atoms with Gasteiger partial charge in [0.05, 0.1) is 17.6 Å². The molecule has 1 unspecified atom stereocenters. The molecule has 1 fully saturated rings. The molecule has 3 N–H and O–H groups in total. The highest BCUT2D eigenvalue weighted by atomic mass is 16.5. The van der Waals surface area contributed by atoms with Crippen molar-refractivity contribution in [2.45, 2.75) is 12.8 Å². The van der Waals surface area contributed by atoms with Crippen LogP contribution in [0.25, 0.3) is 11.0 Å². The van der Waals surface area contributed by atoms with Gasteiger partial charge in [0.25, 0.3) is 0 Å². The maximum Gasteiger partial charge on any atom is 0.203 e. The number of aromatic amines is 1. The van der Waals surface area contributed by atoms with Crippen LogP contribution < -0.4 is 10.6 Å². The predicted molar refractivity (Wildman–Crippen MR) is 77.3 cm³/mol. The van der Waals surface area contributed by atoms with Crippen LogP contribution in [-0.4, -0.2) is 36.8 Å². The van der Waals surface area contributed by atoms with Gasteiger partial charge in [-0.2, -0.15) is 0 Å². The Hall–Kier alpha value is -1.75. The van der Waals surface area contributed by atoms with Gasteiger partial charge in [0, 0.05) is 25.9 Å². The van der Waals surface area contributed by atoms with Gasteiger partial charge in [0.2, 0.25) is 5.95 Å². The molecule has 1 aromatic carbocycles. The molecule has 2 aromatic rings. The molecule has 1 aliphatic heterocycles. The third-order valence-electron chi connectivity index (χ3n) is 3.71. The average Bonchev–Trinajstić information content (AvgIpc) is 2.82. The van der Waals surface area contributed by atoms with Crippen molar-refractivity contribution in [1.82, 2.24) is 9.97 Å². The van der Waals surface area contributed by atoms with Gasteiger partial charge in [-0.3, -0.25) is 0 Å². The maximum atomic E-state index is 5.80. The Morgan fingerprint density at radius 1 is 1.53 bits per heavy atom. The fourth-order valence-corrected chi connectivity index (χ4v) is 2.79.